The monoisotopic (exact) mass is 568 g/mol. The van der Waals surface area contributed by atoms with Crippen LogP contribution in [0.15, 0.2) is 49.7 Å². The topological polar surface area (TPSA) is 180 Å². The van der Waals surface area contributed by atoms with Crippen LogP contribution in [0.25, 0.3) is 0 Å². The van der Waals surface area contributed by atoms with Gasteiger partial charge in [-0.1, -0.05) is 23.4 Å². The van der Waals surface area contributed by atoms with Crippen molar-refractivity contribution in [2.75, 3.05) is 25.0 Å². The summed E-state index contributed by atoms with van der Waals surface area (Å²) in [4.78, 5) is 29.6. The molecule has 1 heterocycles. The quantitative estimate of drug-likeness (QED) is 0.141. The molecule has 1 aromatic carbocycles. The van der Waals surface area contributed by atoms with Gasteiger partial charge in [0, 0.05) is 10.2 Å². The molecule has 1 aromatic heterocycles. The number of ether oxygens (including phenoxy) is 1. The van der Waals surface area contributed by atoms with Crippen LogP contribution in [0.2, 0.25) is 0 Å². The number of carbonyl (C=O) groups is 1. The van der Waals surface area contributed by atoms with Crippen LogP contribution in [0.3, 0.4) is 0 Å². The third-order valence-corrected chi connectivity index (χ3v) is 5.92. The number of aromatic nitrogens is 1. The lowest BCUT2D eigenvalue weighted by atomic mass is 10.3. The fraction of sp³-hybridized carbons (Fsp3) is 0.316. The van der Waals surface area contributed by atoms with Crippen molar-refractivity contribution in [3.8, 4) is 5.75 Å². The molecule has 1 amide bonds. The Morgan fingerprint density at radius 1 is 1.29 bits per heavy atom. The second-order valence-electron chi connectivity index (χ2n) is 6.38. The second kappa shape index (κ2) is 13.4. The van der Waals surface area contributed by atoms with E-state index in [1.807, 2.05) is 0 Å². The van der Waals surface area contributed by atoms with Gasteiger partial charge in [0.1, 0.15) is 29.5 Å². The molecule has 2 rings (SSSR count). The van der Waals surface area contributed by atoms with E-state index >= 15 is 0 Å². The van der Waals surface area contributed by atoms with Gasteiger partial charge in [-0.15, -0.1) is 0 Å². The molecule has 190 valence electrons. The van der Waals surface area contributed by atoms with Crippen LogP contribution in [-0.2, 0) is 26.2 Å². The molecule has 0 aliphatic heterocycles. The maximum atomic E-state index is 12.9. The molecule has 12 nitrogen and oxygen atoms in total. The van der Waals surface area contributed by atoms with Crippen LogP contribution in [0.4, 0.5) is 10.4 Å². The van der Waals surface area contributed by atoms with Gasteiger partial charge in [0.05, 0.1) is 13.7 Å². The zero-order chi connectivity index (χ0) is 25.9. The Morgan fingerprint density at radius 2 is 1.97 bits per heavy atom. The molecule has 0 spiro atoms. The molecule has 0 bridgehead atoms. The number of hydrogen-bond donors (Lipinski definition) is 4. The number of hydrogen-bond acceptors (Lipinski definition) is 7. The van der Waals surface area contributed by atoms with Crippen LogP contribution in [0, 0.1) is 6.92 Å². The maximum Gasteiger partial charge on any atom is 0.275 e. The minimum absolute atomic E-state index is 0. The Hall–Kier alpha value is -3.33. The van der Waals surface area contributed by atoms with Crippen LogP contribution in [-0.4, -0.2) is 46.6 Å². The number of nitrogens with zero attached hydrogens (tertiary/aromatic N) is 2. The number of methoxy groups -OCH3 is 1. The highest BCUT2D eigenvalue weighted by molar-refractivity contribution is 9.10. The first-order valence-corrected chi connectivity index (χ1v) is 11.4. The van der Waals surface area contributed by atoms with Gasteiger partial charge < -0.3 is 30.9 Å². The number of guanidine groups is 1. The Morgan fingerprint density at radius 3 is 2.59 bits per heavy atom. The van der Waals surface area contributed by atoms with Gasteiger partial charge >= 0.3 is 0 Å². The fourth-order valence-electron chi connectivity index (χ4n) is 2.56. The first kappa shape index (κ1) is 28.7. The van der Waals surface area contributed by atoms with Gasteiger partial charge in [-0.05, 0) is 42.4 Å². The Labute approximate surface area is 206 Å². The van der Waals surface area contributed by atoms with E-state index in [2.05, 4.69) is 32.6 Å². The predicted octanol–water partition coefficient (Wildman–Crippen LogP) is 0.838. The van der Waals surface area contributed by atoms with E-state index in [1.165, 1.54) is 31.4 Å². The van der Waals surface area contributed by atoms with Gasteiger partial charge in [-0.3, -0.25) is 19.0 Å². The summed E-state index contributed by atoms with van der Waals surface area (Å²) in [5.41, 5.74) is 9.77. The first-order chi connectivity index (χ1) is 16.0. The molecule has 0 saturated carbocycles. The first-order valence-electron chi connectivity index (χ1n) is 9.47. The number of benzene rings is 1. The van der Waals surface area contributed by atoms with Crippen molar-refractivity contribution in [2.24, 2.45) is 16.6 Å². The van der Waals surface area contributed by atoms with Crippen LogP contribution in [0.5, 0.6) is 5.75 Å². The Bertz CT molecular complexity index is 1190. The number of halogens is 2. The summed E-state index contributed by atoms with van der Waals surface area (Å²) in [7, 11) is -2.82. The maximum absolute atomic E-state index is 12.9. The lowest BCUT2D eigenvalue weighted by Crippen LogP contribution is -2.36. The average molecular weight is 569 g/mol. The smallest absolute Gasteiger partial charge is 0.275 e. The highest BCUT2D eigenvalue weighted by Crippen LogP contribution is 2.28. The van der Waals surface area contributed by atoms with Crippen molar-refractivity contribution >= 4 is 43.5 Å². The number of carbonyl (C=O) groups excluding carboxylic acids is 1. The molecule has 0 aliphatic carbocycles. The number of rotatable bonds is 10. The van der Waals surface area contributed by atoms with Gasteiger partial charge in [-0.25, -0.2) is 8.42 Å². The SMILES string of the molecule is C.COc1ccc(Br)cc1S(=O)(=O)Nc1ccc(C)n(CC(=O)NCCON=C(N)N)c1=O.[3H]F. The lowest BCUT2D eigenvalue weighted by Gasteiger charge is -2.15. The number of nitrogens with two attached hydrogens (primary N) is 2. The van der Waals surface area contributed by atoms with Crippen molar-refractivity contribution in [1.29, 1.82) is 1.45 Å². The summed E-state index contributed by atoms with van der Waals surface area (Å²) in [6.45, 7) is 1.40. The van der Waals surface area contributed by atoms with E-state index < -0.39 is 21.5 Å². The molecule has 6 N–H and O–H groups in total. The number of pyridine rings is 1. The zero-order valence-corrected chi connectivity index (χ0v) is 20.1. The fourth-order valence-corrected chi connectivity index (χ4v) is 4.33. The highest BCUT2D eigenvalue weighted by Gasteiger charge is 2.22. The van der Waals surface area contributed by atoms with Crippen LogP contribution >= 0.6 is 15.9 Å². The minimum atomic E-state index is -4.15. The molecule has 0 fully saturated rings. The standard InChI is InChI=1S/C18H23BrN6O6S.CH4.FH/c1-11-3-5-13(24-32(28,29)15-9-12(19)4-6-14(15)30-2)17(27)25(11)10-16(26)22-7-8-31-23-18(20)21;;/h3-6,9,24H,7-8,10H2,1-2H3,(H,22,26)(H4,20,21,23);1H4;1H/i/hT. The third-order valence-electron chi connectivity index (χ3n) is 4.04. The van der Waals surface area contributed by atoms with E-state index in [-0.39, 0.29) is 49.4 Å². The number of anilines is 1. The summed E-state index contributed by atoms with van der Waals surface area (Å²) in [6, 6.07) is 7.31. The Kier molecular flexibility index (Phi) is 11.3. The van der Waals surface area contributed by atoms with Gasteiger partial charge in [0.2, 0.25) is 11.9 Å². The molecule has 0 unspecified atom stereocenters. The van der Waals surface area contributed by atoms with E-state index in [0.717, 1.165) is 4.57 Å². The number of sulfonamides is 1. The van der Waals surface area contributed by atoms with Crippen LogP contribution in [0.1, 0.15) is 13.1 Å². The van der Waals surface area contributed by atoms with Gasteiger partial charge in [0.15, 0.2) is 0 Å². The normalized spacial score (nSPS) is 10.4. The lowest BCUT2D eigenvalue weighted by molar-refractivity contribution is -0.122. The number of aryl methyl sites for hydroxylation is 1. The molecule has 2 aromatic rings. The predicted molar refractivity (Wildman–Crippen MR) is 131 cm³/mol. The minimum Gasteiger partial charge on any atom is -0.495 e. The summed E-state index contributed by atoms with van der Waals surface area (Å²) >= 11 is 3.22. The van der Waals surface area contributed by atoms with Crippen molar-refractivity contribution in [3.63, 3.8) is 0 Å². The highest BCUT2D eigenvalue weighted by atomic mass is 79.9. The molecule has 0 radical (unpaired) electrons. The Balaban J connectivity index is 0.00000375. The van der Waals surface area contributed by atoms with Crippen molar-refractivity contribution in [3.05, 3.63) is 50.9 Å². The second-order valence-corrected chi connectivity index (χ2v) is 8.95. The van der Waals surface area contributed by atoms with Crippen molar-refractivity contribution in [1.82, 2.24) is 9.88 Å². The molecule has 34 heavy (non-hydrogen) atoms. The number of nitrogens with one attached hydrogen (secondary N) is 2. The number of amides is 1. The van der Waals surface area contributed by atoms with Crippen LogP contribution < -0.4 is 31.8 Å². The molecular weight excluding hydrogens is 539 g/mol. The summed E-state index contributed by atoms with van der Waals surface area (Å²) in [5, 5.41) is 5.85. The average Bonchev–Trinajstić information content (AvgIpc) is 2.79. The number of oxime groups is 1. The zero-order valence-electron chi connectivity index (χ0n) is 18.7. The molecule has 0 atom stereocenters. The van der Waals surface area contributed by atoms with Gasteiger partial charge in [0.25, 0.3) is 17.0 Å². The summed E-state index contributed by atoms with van der Waals surface area (Å²) in [6.07, 6.45) is 0. The molecule has 0 aliphatic rings. The van der Waals surface area contributed by atoms with E-state index in [9.17, 15) is 18.0 Å². The van der Waals surface area contributed by atoms with Crippen molar-refractivity contribution in [2.45, 2.75) is 25.8 Å². The summed E-state index contributed by atoms with van der Waals surface area (Å²) in [5.74, 6) is -0.633. The third kappa shape index (κ3) is 8.22. The van der Waals surface area contributed by atoms with E-state index in [4.69, 9.17) is 25.8 Å². The molecule has 0 saturated heterocycles. The van der Waals surface area contributed by atoms with Gasteiger partial charge in [-0.2, -0.15) is 0 Å². The molecule has 15 heteroatoms. The summed E-state index contributed by atoms with van der Waals surface area (Å²) < 4.78 is 47.8. The molecular formula is C19H28BrFN6O6S. The van der Waals surface area contributed by atoms with Crippen molar-refractivity contribution < 1.29 is 27.5 Å². The largest absolute Gasteiger partial charge is 0.495 e. The van der Waals surface area contributed by atoms with E-state index in [1.54, 1.807) is 13.0 Å². The van der Waals surface area contributed by atoms with E-state index in [0.29, 0.717) is 10.2 Å².